The molecule has 3 heteroatoms. The Labute approximate surface area is 73.4 Å². The van der Waals surface area contributed by atoms with Gasteiger partial charge in [0.2, 0.25) is 0 Å². The third-order valence-corrected chi connectivity index (χ3v) is 1.66. The topological polar surface area (TPSA) is 28.2 Å². The van der Waals surface area contributed by atoms with Crippen LogP contribution in [0.3, 0.4) is 0 Å². The molecule has 1 heterocycles. The molecular weight excluding hydrogens is 150 g/mol. The fraction of sp³-hybridized carbons (Fsp3) is 0.444. The predicted molar refractivity (Wildman–Crippen MR) is 49.5 cm³/mol. The van der Waals surface area contributed by atoms with Crippen molar-refractivity contribution in [1.82, 2.24) is 15.4 Å². The van der Waals surface area contributed by atoms with Gasteiger partial charge in [0, 0.05) is 32.5 Å². The van der Waals surface area contributed by atoms with E-state index < -0.39 is 0 Å². The molecule has 0 saturated carbocycles. The number of pyridine rings is 1. The Kier molecular flexibility index (Phi) is 3.19. The molecule has 1 aromatic heterocycles. The lowest BCUT2D eigenvalue weighted by atomic mass is 10.1. The summed E-state index contributed by atoms with van der Waals surface area (Å²) in [6.07, 6.45) is 3.62. The molecule has 0 amide bonds. The maximum absolute atomic E-state index is 3.97. The van der Waals surface area contributed by atoms with E-state index in [0.29, 0.717) is 6.04 Å². The molecule has 66 valence electrons. The van der Waals surface area contributed by atoms with Gasteiger partial charge >= 0.3 is 0 Å². The van der Waals surface area contributed by atoms with Crippen LogP contribution in [0, 0.1) is 0 Å². The molecule has 0 aliphatic rings. The van der Waals surface area contributed by atoms with Crippen molar-refractivity contribution in [2.45, 2.75) is 13.0 Å². The van der Waals surface area contributed by atoms with E-state index in [1.807, 2.05) is 43.6 Å². The Balaban J connectivity index is 2.59. The first kappa shape index (κ1) is 9.16. The predicted octanol–water partition coefficient (Wildman–Crippen LogP) is 1.21. The molecule has 1 unspecified atom stereocenters. The maximum atomic E-state index is 3.97. The number of hydrogen-bond acceptors (Lipinski definition) is 3. The van der Waals surface area contributed by atoms with Gasteiger partial charge in [0.1, 0.15) is 0 Å². The first-order valence-corrected chi connectivity index (χ1v) is 4.03. The third kappa shape index (κ3) is 2.60. The molecule has 0 radical (unpaired) electrons. The van der Waals surface area contributed by atoms with Crippen molar-refractivity contribution in [3.05, 3.63) is 30.1 Å². The Morgan fingerprint density at radius 1 is 1.33 bits per heavy atom. The largest absolute Gasteiger partial charge is 0.265 e. The van der Waals surface area contributed by atoms with Gasteiger partial charge in [0.15, 0.2) is 0 Å². The number of rotatable bonds is 3. The maximum Gasteiger partial charge on any atom is 0.0437 e. The number of hydrogen-bond donors (Lipinski definition) is 1. The summed E-state index contributed by atoms with van der Waals surface area (Å²) in [5.74, 6) is 0. The van der Waals surface area contributed by atoms with Gasteiger partial charge in [-0.1, -0.05) is 0 Å². The Morgan fingerprint density at radius 2 is 1.92 bits per heavy atom. The van der Waals surface area contributed by atoms with Crippen molar-refractivity contribution in [2.75, 3.05) is 14.1 Å². The molecule has 0 fully saturated rings. The summed E-state index contributed by atoms with van der Waals surface area (Å²) in [6.45, 7) is 2.12. The van der Waals surface area contributed by atoms with Crippen LogP contribution >= 0.6 is 0 Å². The van der Waals surface area contributed by atoms with E-state index in [-0.39, 0.29) is 0 Å². The van der Waals surface area contributed by atoms with Crippen LogP contribution in [-0.4, -0.2) is 24.1 Å². The van der Waals surface area contributed by atoms with Gasteiger partial charge < -0.3 is 0 Å². The van der Waals surface area contributed by atoms with Crippen LogP contribution in [0.25, 0.3) is 0 Å². The highest BCUT2D eigenvalue weighted by atomic mass is 15.5. The minimum atomic E-state index is 0.336. The van der Waals surface area contributed by atoms with Crippen molar-refractivity contribution in [3.8, 4) is 0 Å². The molecule has 1 N–H and O–H groups in total. The molecule has 1 rings (SSSR count). The zero-order valence-corrected chi connectivity index (χ0v) is 7.78. The molecule has 1 atom stereocenters. The summed E-state index contributed by atoms with van der Waals surface area (Å²) in [7, 11) is 3.97. The molecule has 0 aliphatic heterocycles. The second-order valence-corrected chi connectivity index (χ2v) is 3.03. The van der Waals surface area contributed by atoms with Crippen molar-refractivity contribution in [3.63, 3.8) is 0 Å². The van der Waals surface area contributed by atoms with Gasteiger partial charge in [0.05, 0.1) is 0 Å². The lowest BCUT2D eigenvalue weighted by molar-refractivity contribution is 0.252. The van der Waals surface area contributed by atoms with Crippen molar-refractivity contribution >= 4 is 0 Å². The Hall–Kier alpha value is -0.930. The summed E-state index contributed by atoms with van der Waals surface area (Å²) in [4.78, 5) is 3.97. The van der Waals surface area contributed by atoms with Crippen LogP contribution < -0.4 is 5.43 Å². The molecule has 1 aromatic rings. The van der Waals surface area contributed by atoms with Crippen LogP contribution in [0.5, 0.6) is 0 Å². The summed E-state index contributed by atoms with van der Waals surface area (Å²) < 4.78 is 0. The molecule has 0 bridgehead atoms. The van der Waals surface area contributed by atoms with Gasteiger partial charge in [0.25, 0.3) is 0 Å². The first-order chi connectivity index (χ1) is 5.70. The molecule has 12 heavy (non-hydrogen) atoms. The third-order valence-electron chi connectivity index (χ3n) is 1.66. The van der Waals surface area contributed by atoms with Gasteiger partial charge in [-0.25, -0.2) is 5.43 Å². The first-order valence-electron chi connectivity index (χ1n) is 4.03. The van der Waals surface area contributed by atoms with Crippen LogP contribution in [-0.2, 0) is 0 Å². The molecule has 3 nitrogen and oxygen atoms in total. The van der Waals surface area contributed by atoms with Crippen molar-refractivity contribution < 1.29 is 0 Å². The number of nitrogens with one attached hydrogen (secondary N) is 1. The van der Waals surface area contributed by atoms with E-state index in [9.17, 15) is 0 Å². The van der Waals surface area contributed by atoms with Gasteiger partial charge in [-0.15, -0.1) is 0 Å². The zero-order chi connectivity index (χ0) is 8.97. The second-order valence-electron chi connectivity index (χ2n) is 3.03. The summed E-state index contributed by atoms with van der Waals surface area (Å²) in [5, 5.41) is 1.95. The normalized spacial score (nSPS) is 13.3. The monoisotopic (exact) mass is 165 g/mol. The average Bonchev–Trinajstić information content (AvgIpc) is 2.05. The Morgan fingerprint density at radius 3 is 2.42 bits per heavy atom. The lowest BCUT2D eigenvalue weighted by Gasteiger charge is -2.19. The molecular formula is C9H15N3. The van der Waals surface area contributed by atoms with Gasteiger partial charge in [-0.3, -0.25) is 9.99 Å². The van der Waals surface area contributed by atoms with Gasteiger partial charge in [-0.2, -0.15) is 0 Å². The highest BCUT2D eigenvalue weighted by molar-refractivity contribution is 5.13. The van der Waals surface area contributed by atoms with E-state index >= 15 is 0 Å². The number of aromatic nitrogens is 1. The van der Waals surface area contributed by atoms with E-state index in [1.54, 1.807) is 0 Å². The highest BCUT2D eigenvalue weighted by Crippen LogP contribution is 2.09. The number of nitrogens with zero attached hydrogens (tertiary/aromatic N) is 2. The smallest absolute Gasteiger partial charge is 0.0437 e. The van der Waals surface area contributed by atoms with Crippen LogP contribution in [0.15, 0.2) is 24.5 Å². The van der Waals surface area contributed by atoms with Gasteiger partial charge in [-0.05, 0) is 24.6 Å². The lowest BCUT2D eigenvalue weighted by Crippen LogP contribution is -2.32. The van der Waals surface area contributed by atoms with Crippen LogP contribution in [0.4, 0.5) is 0 Å². The Bertz CT molecular complexity index is 220. The molecule has 0 aromatic carbocycles. The van der Waals surface area contributed by atoms with E-state index in [0.717, 1.165) is 0 Å². The minimum Gasteiger partial charge on any atom is -0.265 e. The number of hydrazine groups is 1. The quantitative estimate of drug-likeness (QED) is 0.682. The van der Waals surface area contributed by atoms with Crippen molar-refractivity contribution in [2.24, 2.45) is 0 Å². The zero-order valence-electron chi connectivity index (χ0n) is 7.78. The minimum absolute atomic E-state index is 0.336. The average molecular weight is 165 g/mol. The van der Waals surface area contributed by atoms with E-state index in [2.05, 4.69) is 17.3 Å². The van der Waals surface area contributed by atoms with Crippen LogP contribution in [0.2, 0.25) is 0 Å². The van der Waals surface area contributed by atoms with E-state index in [4.69, 9.17) is 0 Å². The SMILES string of the molecule is CC(NN(C)C)c1ccncc1. The van der Waals surface area contributed by atoms with Crippen molar-refractivity contribution in [1.29, 1.82) is 0 Å². The van der Waals surface area contributed by atoms with Crippen LogP contribution in [0.1, 0.15) is 18.5 Å². The van der Waals surface area contributed by atoms with E-state index in [1.165, 1.54) is 5.56 Å². The fourth-order valence-corrected chi connectivity index (χ4v) is 1.11. The molecule has 0 saturated heterocycles. The summed E-state index contributed by atoms with van der Waals surface area (Å²) in [5.41, 5.74) is 4.51. The molecule has 0 spiro atoms. The fourth-order valence-electron chi connectivity index (χ4n) is 1.11. The highest BCUT2D eigenvalue weighted by Gasteiger charge is 2.03. The summed E-state index contributed by atoms with van der Waals surface area (Å²) >= 11 is 0. The second kappa shape index (κ2) is 4.18. The standard InChI is InChI=1S/C9H15N3/c1-8(11-12(2)3)9-4-6-10-7-5-9/h4-8,11H,1-3H3. The summed E-state index contributed by atoms with van der Waals surface area (Å²) in [6, 6.07) is 4.37. The molecule has 0 aliphatic carbocycles.